The topological polar surface area (TPSA) is 96.0 Å². The molecule has 2 amide bonds. The van der Waals surface area contributed by atoms with Crippen LogP contribution in [0, 0.1) is 0 Å². The summed E-state index contributed by atoms with van der Waals surface area (Å²) in [5, 5.41) is 3.39. The minimum Gasteiger partial charge on any atom is -0.492 e. The lowest BCUT2D eigenvalue weighted by Gasteiger charge is -2.30. The minimum absolute atomic E-state index is 0.0554. The van der Waals surface area contributed by atoms with Gasteiger partial charge in [-0.1, -0.05) is 55.3 Å². The average molecular weight is 552 g/mol. The summed E-state index contributed by atoms with van der Waals surface area (Å²) in [5.74, 6) is -0.0404. The quantitative estimate of drug-likeness (QED) is 0.326. The smallest absolute Gasteiger partial charge is 0.242 e. The molecule has 10 heteroatoms. The summed E-state index contributed by atoms with van der Waals surface area (Å²) in [5.41, 5.74) is 1.16. The molecule has 0 aromatic heterocycles. The van der Waals surface area contributed by atoms with Gasteiger partial charge in [-0.05, 0) is 50.5 Å². The van der Waals surface area contributed by atoms with Gasteiger partial charge in [0.15, 0.2) is 0 Å². The third-order valence-corrected chi connectivity index (χ3v) is 7.43. The lowest BCUT2D eigenvalue weighted by molar-refractivity contribution is -0.140. The number of carbonyl (C=O) groups is 2. The van der Waals surface area contributed by atoms with E-state index in [4.69, 9.17) is 16.3 Å². The Balaban J connectivity index is 2.19. The van der Waals surface area contributed by atoms with E-state index in [1.165, 1.54) is 9.21 Å². The van der Waals surface area contributed by atoms with E-state index in [1.807, 2.05) is 26.0 Å². The zero-order valence-electron chi connectivity index (χ0n) is 22.1. The van der Waals surface area contributed by atoms with Gasteiger partial charge in [0.05, 0.1) is 18.6 Å². The minimum atomic E-state index is -3.63. The summed E-state index contributed by atoms with van der Waals surface area (Å²) in [6.07, 6.45) is 3.24. The molecule has 0 aliphatic carbocycles. The maximum atomic E-state index is 13.4. The van der Waals surface area contributed by atoms with Crippen LogP contribution in [0.4, 0.5) is 5.69 Å². The summed E-state index contributed by atoms with van der Waals surface area (Å²) in [6, 6.07) is 13.4. The van der Waals surface area contributed by atoms with Crippen LogP contribution in [-0.2, 0) is 26.2 Å². The number of sulfonamides is 1. The Morgan fingerprint density at radius 2 is 1.73 bits per heavy atom. The van der Waals surface area contributed by atoms with Gasteiger partial charge >= 0.3 is 0 Å². The second-order valence-electron chi connectivity index (χ2n) is 8.77. The van der Waals surface area contributed by atoms with Crippen LogP contribution in [0.5, 0.6) is 5.75 Å². The average Bonchev–Trinajstić information content (AvgIpc) is 2.85. The van der Waals surface area contributed by atoms with Crippen LogP contribution in [0.3, 0.4) is 0 Å². The number of benzene rings is 2. The number of rotatable bonds is 15. The molecule has 0 unspecified atom stereocenters. The molecule has 37 heavy (non-hydrogen) atoms. The van der Waals surface area contributed by atoms with Gasteiger partial charge in [0.1, 0.15) is 11.8 Å². The molecule has 0 fully saturated rings. The first-order valence-electron chi connectivity index (χ1n) is 12.6. The number of nitrogens with one attached hydrogen (secondary N) is 1. The van der Waals surface area contributed by atoms with Crippen molar-refractivity contribution in [2.45, 2.75) is 59.0 Å². The molecule has 1 N–H and O–H groups in total. The molecule has 0 heterocycles. The van der Waals surface area contributed by atoms with E-state index in [-0.39, 0.29) is 37.7 Å². The summed E-state index contributed by atoms with van der Waals surface area (Å²) in [7, 11) is -3.63. The first-order chi connectivity index (χ1) is 17.6. The van der Waals surface area contributed by atoms with Crippen LogP contribution < -0.4 is 14.4 Å². The van der Waals surface area contributed by atoms with E-state index in [0.717, 1.165) is 24.7 Å². The number of unbranched alkanes of at least 4 members (excludes halogenated alkanes) is 1. The number of ether oxygens (including phenoxy) is 1. The second kappa shape index (κ2) is 14.8. The molecular formula is C27H38ClN3O5S. The maximum Gasteiger partial charge on any atom is 0.242 e. The molecular weight excluding hydrogens is 514 g/mol. The monoisotopic (exact) mass is 551 g/mol. The van der Waals surface area contributed by atoms with E-state index in [1.54, 1.807) is 43.3 Å². The highest BCUT2D eigenvalue weighted by Crippen LogP contribution is 2.30. The lowest BCUT2D eigenvalue weighted by Crippen LogP contribution is -2.48. The molecule has 2 aromatic carbocycles. The maximum absolute atomic E-state index is 13.4. The van der Waals surface area contributed by atoms with Gasteiger partial charge in [-0.3, -0.25) is 13.9 Å². The van der Waals surface area contributed by atoms with E-state index in [9.17, 15) is 18.0 Å². The molecule has 0 bridgehead atoms. The van der Waals surface area contributed by atoms with Gasteiger partial charge in [0.25, 0.3) is 0 Å². The Labute approximate surface area is 226 Å². The van der Waals surface area contributed by atoms with Gasteiger partial charge in [0.2, 0.25) is 21.8 Å². The SMILES string of the molecule is CCCCNC(=O)[C@H](C)N(Cc1ccccc1Cl)C(=O)CCCN(c1ccccc1OCC)S(C)(=O)=O. The van der Waals surface area contributed by atoms with Gasteiger partial charge in [0, 0.05) is 31.1 Å². The molecule has 0 aliphatic heterocycles. The number of hydrogen-bond donors (Lipinski definition) is 1. The summed E-state index contributed by atoms with van der Waals surface area (Å²) in [6.45, 7) is 6.74. The Hall–Kier alpha value is -2.78. The van der Waals surface area contributed by atoms with Crippen LogP contribution >= 0.6 is 11.6 Å². The van der Waals surface area contributed by atoms with Gasteiger partial charge < -0.3 is 15.0 Å². The van der Waals surface area contributed by atoms with E-state index >= 15 is 0 Å². The number of anilines is 1. The standard InChI is InChI=1S/C27H38ClN3O5S/c1-5-7-18-29-27(33)21(3)30(20-22-13-8-9-14-23(22)28)26(32)17-12-19-31(37(4,34)35)24-15-10-11-16-25(24)36-6-2/h8-11,13-16,21H,5-7,12,17-20H2,1-4H3,(H,29,33)/t21-/m0/s1. The zero-order chi connectivity index (χ0) is 27.4. The first kappa shape index (κ1) is 30.4. The largest absolute Gasteiger partial charge is 0.492 e. The van der Waals surface area contributed by atoms with Crippen molar-refractivity contribution < 1.29 is 22.7 Å². The van der Waals surface area contributed by atoms with E-state index in [2.05, 4.69) is 5.32 Å². The molecule has 0 spiro atoms. The summed E-state index contributed by atoms with van der Waals surface area (Å²) >= 11 is 6.34. The van der Waals surface area contributed by atoms with Crippen molar-refractivity contribution in [1.29, 1.82) is 0 Å². The third kappa shape index (κ3) is 9.23. The second-order valence-corrected chi connectivity index (χ2v) is 11.1. The Bertz CT molecular complexity index is 1140. The predicted octanol–water partition coefficient (Wildman–Crippen LogP) is 4.62. The normalized spacial score (nSPS) is 12.0. The fourth-order valence-corrected chi connectivity index (χ4v) is 5.02. The van der Waals surface area contributed by atoms with Gasteiger partial charge in [-0.15, -0.1) is 0 Å². The number of carbonyl (C=O) groups excluding carboxylic acids is 2. The van der Waals surface area contributed by atoms with Gasteiger partial charge in [-0.25, -0.2) is 8.42 Å². The fourth-order valence-electron chi connectivity index (χ4n) is 3.85. The molecule has 0 radical (unpaired) electrons. The predicted molar refractivity (Wildman–Crippen MR) is 148 cm³/mol. The molecule has 204 valence electrons. The number of halogens is 1. The van der Waals surface area contributed by atoms with Crippen molar-refractivity contribution in [2.24, 2.45) is 0 Å². The number of para-hydroxylation sites is 2. The van der Waals surface area contributed by atoms with Crippen molar-refractivity contribution in [1.82, 2.24) is 10.2 Å². The summed E-state index contributed by atoms with van der Waals surface area (Å²) < 4.78 is 32.1. The summed E-state index contributed by atoms with van der Waals surface area (Å²) in [4.78, 5) is 27.7. The molecule has 8 nitrogen and oxygen atoms in total. The highest BCUT2D eigenvalue weighted by atomic mass is 35.5. The molecule has 0 saturated carbocycles. The van der Waals surface area contributed by atoms with Crippen molar-refractivity contribution in [3.8, 4) is 5.75 Å². The van der Waals surface area contributed by atoms with E-state index in [0.29, 0.717) is 29.6 Å². The number of amides is 2. The molecule has 2 rings (SSSR count). The first-order valence-corrected chi connectivity index (χ1v) is 14.8. The van der Waals surface area contributed by atoms with E-state index < -0.39 is 16.1 Å². The van der Waals surface area contributed by atoms with Crippen molar-refractivity contribution >= 4 is 39.1 Å². The van der Waals surface area contributed by atoms with Crippen LogP contribution in [0.2, 0.25) is 5.02 Å². The van der Waals surface area contributed by atoms with Gasteiger partial charge in [-0.2, -0.15) is 0 Å². The zero-order valence-corrected chi connectivity index (χ0v) is 23.6. The lowest BCUT2D eigenvalue weighted by atomic mass is 10.1. The van der Waals surface area contributed by atoms with Crippen LogP contribution in [-0.4, -0.2) is 57.1 Å². The number of nitrogens with zero attached hydrogens (tertiary/aromatic N) is 2. The fraction of sp³-hybridized carbons (Fsp3) is 0.481. The van der Waals surface area contributed by atoms with Crippen molar-refractivity contribution in [3.63, 3.8) is 0 Å². The number of hydrogen-bond acceptors (Lipinski definition) is 5. The van der Waals surface area contributed by atoms with Crippen molar-refractivity contribution in [2.75, 3.05) is 30.3 Å². The molecule has 0 saturated heterocycles. The highest BCUT2D eigenvalue weighted by Gasteiger charge is 2.27. The van der Waals surface area contributed by atoms with Crippen LogP contribution in [0.1, 0.15) is 52.0 Å². The molecule has 1 atom stereocenters. The Kier molecular flexibility index (Phi) is 12.2. The Morgan fingerprint density at radius 1 is 1.05 bits per heavy atom. The highest BCUT2D eigenvalue weighted by molar-refractivity contribution is 7.92. The Morgan fingerprint density at radius 3 is 2.38 bits per heavy atom. The van der Waals surface area contributed by atoms with Crippen molar-refractivity contribution in [3.05, 3.63) is 59.1 Å². The third-order valence-electron chi connectivity index (χ3n) is 5.88. The molecule has 2 aromatic rings. The van der Waals surface area contributed by atoms with Crippen LogP contribution in [0.15, 0.2) is 48.5 Å². The van der Waals surface area contributed by atoms with Crippen LogP contribution in [0.25, 0.3) is 0 Å². The molecule has 0 aliphatic rings.